The van der Waals surface area contributed by atoms with E-state index in [0.717, 1.165) is 6.26 Å². The molecule has 0 aliphatic heterocycles. The Kier molecular flexibility index (Phi) is 3.43. The second-order valence-corrected chi connectivity index (χ2v) is 6.01. The van der Waals surface area contributed by atoms with Gasteiger partial charge in [-0.3, -0.25) is 0 Å². The molecule has 98 valence electrons. The minimum atomic E-state index is -3.18. The van der Waals surface area contributed by atoms with E-state index in [-0.39, 0.29) is 17.5 Å². The van der Waals surface area contributed by atoms with Crippen molar-refractivity contribution in [3.8, 4) is 11.6 Å². The highest BCUT2D eigenvalue weighted by atomic mass is 32.2. The van der Waals surface area contributed by atoms with Gasteiger partial charge < -0.3 is 14.8 Å². The van der Waals surface area contributed by atoms with Crippen LogP contribution in [0.2, 0.25) is 0 Å². The van der Waals surface area contributed by atoms with Crippen LogP contribution in [0.1, 0.15) is 5.82 Å². The molecule has 9 heteroatoms. The van der Waals surface area contributed by atoms with Crippen LogP contribution in [-0.4, -0.2) is 40.9 Å². The van der Waals surface area contributed by atoms with Crippen LogP contribution in [0.3, 0.4) is 0 Å². The smallest absolute Gasteiger partial charge is 0.278 e. The van der Waals surface area contributed by atoms with E-state index in [0.29, 0.717) is 18.8 Å². The summed E-state index contributed by atoms with van der Waals surface area (Å²) in [6, 6.07) is 0. The number of rotatable bonds is 5. The van der Waals surface area contributed by atoms with Gasteiger partial charge in [-0.1, -0.05) is 5.16 Å². The summed E-state index contributed by atoms with van der Waals surface area (Å²) in [5.74, 6) is 0.0744. The van der Waals surface area contributed by atoms with Crippen molar-refractivity contribution in [2.45, 2.75) is 12.3 Å². The van der Waals surface area contributed by atoms with Crippen molar-refractivity contribution >= 4 is 9.84 Å². The summed E-state index contributed by atoms with van der Waals surface area (Å²) < 4.78 is 28.9. The Morgan fingerprint density at radius 2 is 2.28 bits per heavy atom. The second-order valence-electron chi connectivity index (χ2n) is 3.87. The monoisotopic (exact) mass is 271 g/mol. The lowest BCUT2D eigenvalue weighted by molar-refractivity contribution is 0.423. The van der Waals surface area contributed by atoms with Gasteiger partial charge in [-0.05, 0) is 0 Å². The van der Waals surface area contributed by atoms with Crippen molar-refractivity contribution in [2.24, 2.45) is 5.73 Å². The van der Waals surface area contributed by atoms with Gasteiger partial charge in [0.25, 0.3) is 5.89 Å². The van der Waals surface area contributed by atoms with Gasteiger partial charge in [0.1, 0.15) is 11.4 Å². The Hall–Kier alpha value is -1.74. The maximum Gasteiger partial charge on any atom is 0.278 e. The first-order chi connectivity index (χ1) is 8.48. The molecule has 0 aromatic carbocycles. The third-order valence-electron chi connectivity index (χ3n) is 2.10. The molecule has 0 amide bonds. The molecule has 0 saturated heterocycles. The first-order valence-corrected chi connectivity index (χ1v) is 7.26. The van der Waals surface area contributed by atoms with Gasteiger partial charge in [0.2, 0.25) is 0 Å². The summed E-state index contributed by atoms with van der Waals surface area (Å²) in [6.07, 6.45) is 4.42. The molecule has 2 rings (SSSR count). The van der Waals surface area contributed by atoms with E-state index in [1.165, 1.54) is 0 Å². The largest absolute Gasteiger partial charge is 0.335 e. The molecule has 0 fully saturated rings. The van der Waals surface area contributed by atoms with Crippen molar-refractivity contribution in [3.63, 3.8) is 0 Å². The topological polar surface area (TPSA) is 117 Å². The van der Waals surface area contributed by atoms with Gasteiger partial charge in [-0.2, -0.15) is 4.98 Å². The number of nitrogens with zero attached hydrogens (tertiary/aromatic N) is 4. The van der Waals surface area contributed by atoms with Gasteiger partial charge in [0.05, 0.1) is 6.33 Å². The first kappa shape index (κ1) is 12.7. The molecule has 0 radical (unpaired) electrons. The van der Waals surface area contributed by atoms with Crippen LogP contribution in [0.4, 0.5) is 0 Å². The number of hydrogen-bond donors (Lipinski definition) is 1. The van der Waals surface area contributed by atoms with Gasteiger partial charge in [-0.25, -0.2) is 13.4 Å². The standard InChI is InChI=1S/C9H13N5O3S/c1-18(15,16)5-8-12-9(17-13-8)7-4-14(3-2-10)6-11-7/h4,6H,2-3,5,10H2,1H3. The average Bonchev–Trinajstić information content (AvgIpc) is 2.85. The highest BCUT2D eigenvalue weighted by Crippen LogP contribution is 2.14. The molecule has 2 N–H and O–H groups in total. The molecule has 0 aliphatic carbocycles. The molecule has 0 atom stereocenters. The summed E-state index contributed by atoms with van der Waals surface area (Å²) in [4.78, 5) is 8.05. The number of sulfone groups is 1. The van der Waals surface area contributed by atoms with Crippen LogP contribution in [0.5, 0.6) is 0 Å². The molecule has 8 nitrogen and oxygen atoms in total. The minimum Gasteiger partial charge on any atom is -0.335 e. The summed E-state index contributed by atoms with van der Waals surface area (Å²) in [7, 11) is -3.18. The van der Waals surface area contributed by atoms with Gasteiger partial charge >= 0.3 is 0 Å². The first-order valence-electron chi connectivity index (χ1n) is 5.20. The van der Waals surface area contributed by atoms with Crippen molar-refractivity contribution in [3.05, 3.63) is 18.3 Å². The highest BCUT2D eigenvalue weighted by Gasteiger charge is 2.14. The van der Waals surface area contributed by atoms with Crippen molar-refractivity contribution in [2.75, 3.05) is 12.8 Å². The number of imidazole rings is 1. The van der Waals surface area contributed by atoms with E-state index in [4.69, 9.17) is 10.3 Å². The van der Waals surface area contributed by atoms with E-state index < -0.39 is 9.84 Å². The minimum absolute atomic E-state index is 0.126. The fourth-order valence-corrected chi connectivity index (χ4v) is 1.98. The third kappa shape index (κ3) is 3.14. The highest BCUT2D eigenvalue weighted by molar-refractivity contribution is 7.89. The Labute approximate surface area is 104 Å². The zero-order chi connectivity index (χ0) is 13.2. The molecule has 2 aromatic rings. The predicted molar refractivity (Wildman–Crippen MR) is 63.1 cm³/mol. The Morgan fingerprint density at radius 1 is 1.50 bits per heavy atom. The second kappa shape index (κ2) is 4.86. The zero-order valence-electron chi connectivity index (χ0n) is 9.78. The molecule has 0 unspecified atom stereocenters. The van der Waals surface area contributed by atoms with Gasteiger partial charge in [0.15, 0.2) is 15.7 Å². The predicted octanol–water partition coefficient (Wildman–Crippen LogP) is -0.564. The maximum absolute atomic E-state index is 11.1. The maximum atomic E-state index is 11.1. The molecule has 0 saturated carbocycles. The fraction of sp³-hybridized carbons (Fsp3) is 0.444. The van der Waals surface area contributed by atoms with Crippen molar-refractivity contribution in [1.82, 2.24) is 19.7 Å². The summed E-state index contributed by atoms with van der Waals surface area (Å²) >= 11 is 0. The summed E-state index contributed by atoms with van der Waals surface area (Å²) in [6.45, 7) is 1.14. The molecule has 0 aliphatic rings. The lowest BCUT2D eigenvalue weighted by Gasteiger charge is -1.94. The molecular formula is C9H13N5O3S. The fourth-order valence-electron chi connectivity index (χ4n) is 1.39. The Bertz CT molecular complexity index is 630. The van der Waals surface area contributed by atoms with Gasteiger partial charge in [0, 0.05) is 25.5 Å². The van der Waals surface area contributed by atoms with Gasteiger partial charge in [-0.15, -0.1) is 0 Å². The molecule has 2 heterocycles. The lowest BCUT2D eigenvalue weighted by atomic mass is 10.5. The lowest BCUT2D eigenvalue weighted by Crippen LogP contribution is -2.07. The normalized spacial score (nSPS) is 11.9. The quantitative estimate of drug-likeness (QED) is 0.774. The molecular weight excluding hydrogens is 258 g/mol. The molecule has 18 heavy (non-hydrogen) atoms. The number of nitrogens with two attached hydrogens (primary N) is 1. The van der Waals surface area contributed by atoms with E-state index in [2.05, 4.69) is 15.1 Å². The number of aromatic nitrogens is 4. The average molecular weight is 271 g/mol. The van der Waals surface area contributed by atoms with Crippen LogP contribution in [0.25, 0.3) is 11.6 Å². The SMILES string of the molecule is CS(=O)(=O)Cc1noc(-c2cn(CCN)cn2)n1. The van der Waals surface area contributed by atoms with Crippen molar-refractivity contribution in [1.29, 1.82) is 0 Å². The third-order valence-corrected chi connectivity index (χ3v) is 2.88. The van der Waals surface area contributed by atoms with Crippen LogP contribution in [0, 0.1) is 0 Å². The molecule has 0 bridgehead atoms. The van der Waals surface area contributed by atoms with E-state index in [1.54, 1.807) is 17.1 Å². The van der Waals surface area contributed by atoms with Crippen LogP contribution < -0.4 is 5.73 Å². The Morgan fingerprint density at radius 3 is 2.94 bits per heavy atom. The van der Waals surface area contributed by atoms with Crippen LogP contribution >= 0.6 is 0 Å². The zero-order valence-corrected chi connectivity index (χ0v) is 10.6. The summed E-state index contributed by atoms with van der Waals surface area (Å²) in [5, 5.41) is 3.59. The van der Waals surface area contributed by atoms with Crippen LogP contribution in [0.15, 0.2) is 17.0 Å². The summed E-state index contributed by atoms with van der Waals surface area (Å²) in [5.41, 5.74) is 5.91. The van der Waals surface area contributed by atoms with Crippen molar-refractivity contribution < 1.29 is 12.9 Å². The number of hydrogen-bond acceptors (Lipinski definition) is 7. The van der Waals surface area contributed by atoms with Crippen LogP contribution in [-0.2, 0) is 22.1 Å². The van der Waals surface area contributed by atoms with E-state index in [1.807, 2.05) is 0 Å². The van der Waals surface area contributed by atoms with E-state index in [9.17, 15) is 8.42 Å². The van der Waals surface area contributed by atoms with E-state index >= 15 is 0 Å². The molecule has 0 spiro atoms. The molecule has 2 aromatic heterocycles. The Balaban J connectivity index is 2.18.